The second-order valence-corrected chi connectivity index (χ2v) is 6.61. The molecular formula is C17H22N4O2S. The summed E-state index contributed by atoms with van der Waals surface area (Å²) in [4.78, 5) is 23.8. The first-order valence-electron chi connectivity index (χ1n) is 8.06. The second kappa shape index (κ2) is 9.12. The fourth-order valence-corrected chi connectivity index (χ4v) is 2.78. The summed E-state index contributed by atoms with van der Waals surface area (Å²) in [7, 11) is 0. The van der Waals surface area contributed by atoms with Crippen molar-refractivity contribution in [3.63, 3.8) is 0 Å². The molecule has 2 N–H and O–H groups in total. The number of nitrogens with zero attached hydrogens (tertiary/aromatic N) is 2. The summed E-state index contributed by atoms with van der Waals surface area (Å²) in [6, 6.07) is 9.42. The van der Waals surface area contributed by atoms with Gasteiger partial charge in [-0.3, -0.25) is 9.59 Å². The summed E-state index contributed by atoms with van der Waals surface area (Å²) in [5.74, 6) is -0.213. The van der Waals surface area contributed by atoms with Gasteiger partial charge >= 0.3 is 0 Å². The van der Waals surface area contributed by atoms with Crippen molar-refractivity contribution in [3.8, 4) is 0 Å². The Kier molecular flexibility index (Phi) is 6.87. The predicted molar refractivity (Wildman–Crippen MR) is 95.1 cm³/mol. The van der Waals surface area contributed by atoms with Crippen LogP contribution in [0.25, 0.3) is 0 Å². The van der Waals surface area contributed by atoms with Crippen molar-refractivity contribution in [2.24, 2.45) is 0 Å². The molecule has 1 unspecified atom stereocenters. The van der Waals surface area contributed by atoms with Gasteiger partial charge in [-0.25, -0.2) is 0 Å². The van der Waals surface area contributed by atoms with Crippen molar-refractivity contribution in [3.05, 3.63) is 40.3 Å². The Labute approximate surface area is 145 Å². The molecule has 0 saturated carbocycles. The first kappa shape index (κ1) is 18.1. The van der Waals surface area contributed by atoms with E-state index in [-0.39, 0.29) is 17.9 Å². The third-order valence-corrected chi connectivity index (χ3v) is 4.49. The van der Waals surface area contributed by atoms with Gasteiger partial charge in [-0.2, -0.15) is 0 Å². The molecule has 0 radical (unpaired) electrons. The molecule has 0 spiro atoms. The smallest absolute Gasteiger partial charge is 0.286 e. The molecule has 0 aliphatic heterocycles. The van der Waals surface area contributed by atoms with Crippen molar-refractivity contribution < 1.29 is 9.59 Å². The number of benzene rings is 1. The van der Waals surface area contributed by atoms with E-state index in [2.05, 4.69) is 20.8 Å². The van der Waals surface area contributed by atoms with Gasteiger partial charge in [0.25, 0.3) is 5.91 Å². The van der Waals surface area contributed by atoms with Gasteiger partial charge in [0, 0.05) is 24.6 Å². The largest absolute Gasteiger partial charge is 0.354 e. The second-order valence-electron chi connectivity index (χ2n) is 5.55. The van der Waals surface area contributed by atoms with Crippen molar-refractivity contribution in [1.82, 2.24) is 15.5 Å². The molecule has 2 amide bonds. The van der Waals surface area contributed by atoms with Crippen LogP contribution in [-0.2, 0) is 11.2 Å². The molecular weight excluding hydrogens is 324 g/mol. The maximum Gasteiger partial charge on any atom is 0.286 e. The molecule has 2 rings (SSSR count). The molecule has 1 aromatic heterocycles. The molecule has 0 aliphatic rings. The van der Waals surface area contributed by atoms with Gasteiger partial charge in [-0.05, 0) is 31.9 Å². The SMILES string of the molecule is CCC(C)NC(=O)CCCc1nnc(C(=O)Nc2ccccc2)s1. The number of carbonyl (C=O) groups excluding carboxylic acids is 2. The summed E-state index contributed by atoms with van der Waals surface area (Å²) in [5, 5.41) is 14.8. The Morgan fingerprint density at radius 3 is 2.67 bits per heavy atom. The molecule has 0 bridgehead atoms. The number of hydrogen-bond donors (Lipinski definition) is 2. The highest BCUT2D eigenvalue weighted by Crippen LogP contribution is 2.15. The number of aromatic nitrogens is 2. The topological polar surface area (TPSA) is 84.0 Å². The van der Waals surface area contributed by atoms with Gasteiger partial charge < -0.3 is 10.6 Å². The van der Waals surface area contributed by atoms with Crippen molar-refractivity contribution in [2.45, 2.75) is 45.6 Å². The molecule has 1 heterocycles. The Morgan fingerprint density at radius 2 is 1.96 bits per heavy atom. The molecule has 1 atom stereocenters. The number of rotatable bonds is 8. The van der Waals surface area contributed by atoms with Gasteiger partial charge in [-0.15, -0.1) is 10.2 Å². The van der Waals surface area contributed by atoms with E-state index in [4.69, 9.17) is 0 Å². The Morgan fingerprint density at radius 1 is 1.21 bits per heavy atom. The first-order valence-corrected chi connectivity index (χ1v) is 8.88. The van der Waals surface area contributed by atoms with Gasteiger partial charge in [0.2, 0.25) is 10.9 Å². The van der Waals surface area contributed by atoms with Gasteiger partial charge in [0.1, 0.15) is 5.01 Å². The van der Waals surface area contributed by atoms with E-state index in [9.17, 15) is 9.59 Å². The van der Waals surface area contributed by atoms with E-state index >= 15 is 0 Å². The van der Waals surface area contributed by atoms with Crippen LogP contribution in [0.15, 0.2) is 30.3 Å². The molecule has 128 valence electrons. The molecule has 7 heteroatoms. The fraction of sp³-hybridized carbons (Fsp3) is 0.412. The maximum atomic E-state index is 12.1. The maximum absolute atomic E-state index is 12.1. The first-order chi connectivity index (χ1) is 11.6. The van der Waals surface area contributed by atoms with E-state index < -0.39 is 0 Å². The molecule has 1 aromatic carbocycles. The van der Waals surface area contributed by atoms with Gasteiger partial charge in [0.15, 0.2) is 0 Å². The lowest BCUT2D eigenvalue weighted by molar-refractivity contribution is -0.121. The number of aryl methyl sites for hydroxylation is 1. The highest BCUT2D eigenvalue weighted by Gasteiger charge is 2.13. The number of carbonyl (C=O) groups is 2. The van der Waals surface area contributed by atoms with Crippen molar-refractivity contribution in [2.75, 3.05) is 5.32 Å². The summed E-state index contributed by atoms with van der Waals surface area (Å²) in [6.07, 6.45) is 2.71. The molecule has 0 fully saturated rings. The van der Waals surface area contributed by atoms with Crippen LogP contribution < -0.4 is 10.6 Å². The lowest BCUT2D eigenvalue weighted by Crippen LogP contribution is -2.31. The van der Waals surface area contributed by atoms with E-state index in [0.717, 1.165) is 17.1 Å². The number of para-hydroxylation sites is 1. The lowest BCUT2D eigenvalue weighted by atomic mass is 10.2. The Hall–Kier alpha value is -2.28. The van der Waals surface area contributed by atoms with Crippen LogP contribution in [0.2, 0.25) is 0 Å². The van der Waals surface area contributed by atoms with E-state index in [1.54, 1.807) is 0 Å². The summed E-state index contributed by atoms with van der Waals surface area (Å²) >= 11 is 1.26. The zero-order valence-electron chi connectivity index (χ0n) is 13.9. The van der Waals surface area contributed by atoms with Crippen LogP contribution in [0.3, 0.4) is 0 Å². The predicted octanol–water partition coefficient (Wildman–Crippen LogP) is 3.03. The average molecular weight is 346 g/mol. The molecule has 0 saturated heterocycles. The van der Waals surface area contributed by atoms with E-state index in [1.807, 2.05) is 44.2 Å². The quantitative estimate of drug-likeness (QED) is 0.769. The normalized spacial score (nSPS) is 11.8. The fourth-order valence-electron chi connectivity index (χ4n) is 2.00. The summed E-state index contributed by atoms with van der Waals surface area (Å²) in [5.41, 5.74) is 0.723. The number of anilines is 1. The zero-order chi connectivity index (χ0) is 17.4. The highest BCUT2D eigenvalue weighted by atomic mass is 32.1. The van der Waals surface area contributed by atoms with Crippen LogP contribution >= 0.6 is 11.3 Å². The van der Waals surface area contributed by atoms with Crippen LogP contribution in [0.1, 0.15) is 47.9 Å². The molecule has 24 heavy (non-hydrogen) atoms. The van der Waals surface area contributed by atoms with Crippen LogP contribution in [0, 0.1) is 0 Å². The van der Waals surface area contributed by atoms with Crippen molar-refractivity contribution in [1.29, 1.82) is 0 Å². The van der Waals surface area contributed by atoms with Crippen LogP contribution in [-0.4, -0.2) is 28.1 Å². The van der Waals surface area contributed by atoms with Crippen LogP contribution in [0.5, 0.6) is 0 Å². The third kappa shape index (κ3) is 5.73. The lowest BCUT2D eigenvalue weighted by Gasteiger charge is -2.10. The number of amides is 2. The summed E-state index contributed by atoms with van der Waals surface area (Å²) < 4.78 is 0. The van der Waals surface area contributed by atoms with E-state index in [1.165, 1.54) is 11.3 Å². The molecule has 6 nitrogen and oxygen atoms in total. The van der Waals surface area contributed by atoms with Crippen molar-refractivity contribution >= 4 is 28.8 Å². The highest BCUT2D eigenvalue weighted by molar-refractivity contribution is 7.13. The molecule has 2 aromatic rings. The van der Waals surface area contributed by atoms with Gasteiger partial charge in [0.05, 0.1) is 0 Å². The minimum atomic E-state index is -0.264. The monoisotopic (exact) mass is 346 g/mol. The zero-order valence-corrected chi connectivity index (χ0v) is 14.7. The average Bonchev–Trinajstić information content (AvgIpc) is 3.04. The number of nitrogens with one attached hydrogen (secondary N) is 2. The van der Waals surface area contributed by atoms with Gasteiger partial charge in [-0.1, -0.05) is 36.5 Å². The summed E-state index contributed by atoms with van der Waals surface area (Å²) in [6.45, 7) is 4.02. The minimum absolute atomic E-state index is 0.0518. The van der Waals surface area contributed by atoms with E-state index in [0.29, 0.717) is 24.3 Å². The Balaban J connectivity index is 1.78. The Bertz CT molecular complexity index is 672. The van der Waals surface area contributed by atoms with Crippen LogP contribution in [0.4, 0.5) is 5.69 Å². The number of hydrogen-bond acceptors (Lipinski definition) is 5. The molecule has 0 aliphatic carbocycles. The minimum Gasteiger partial charge on any atom is -0.354 e. The third-order valence-electron chi connectivity index (χ3n) is 3.51. The standard InChI is InChI=1S/C17H22N4O2S/c1-3-12(2)18-14(22)10-7-11-15-20-21-17(24-15)16(23)19-13-8-5-4-6-9-13/h4-6,8-9,12H,3,7,10-11H2,1-2H3,(H,18,22)(H,19,23).